The first-order valence-electron chi connectivity index (χ1n) is 7.65. The predicted molar refractivity (Wildman–Crippen MR) is 85.5 cm³/mol. The van der Waals surface area contributed by atoms with E-state index in [1.54, 1.807) is 7.11 Å². The molecule has 0 bridgehead atoms. The number of rotatable bonds is 5. The summed E-state index contributed by atoms with van der Waals surface area (Å²) in [5.74, 6) is 0.519. The fourth-order valence-electron chi connectivity index (χ4n) is 3.08. The fourth-order valence-corrected chi connectivity index (χ4v) is 3.08. The van der Waals surface area contributed by atoms with Gasteiger partial charge in [-0.25, -0.2) is 0 Å². The van der Waals surface area contributed by atoms with Crippen molar-refractivity contribution in [3.8, 4) is 5.75 Å². The number of carbonyl (C=O) groups is 1. The van der Waals surface area contributed by atoms with Gasteiger partial charge in [0.1, 0.15) is 5.75 Å². The molecule has 1 aliphatic rings. The Labute approximate surface area is 130 Å². The van der Waals surface area contributed by atoms with Gasteiger partial charge in [-0.15, -0.1) is 0 Å². The second-order valence-corrected chi connectivity index (χ2v) is 5.50. The molecule has 0 N–H and O–H groups in total. The molecule has 1 saturated heterocycles. The Kier molecular flexibility index (Phi) is 4.54. The van der Waals surface area contributed by atoms with Gasteiger partial charge in [0, 0.05) is 17.7 Å². The van der Waals surface area contributed by atoms with E-state index in [2.05, 4.69) is 0 Å². The maximum Gasteiger partial charge on any atom is 0.173 e. The highest BCUT2D eigenvalue weighted by Gasteiger charge is 2.35. The van der Waals surface area contributed by atoms with Crippen molar-refractivity contribution < 1.29 is 14.3 Å². The van der Waals surface area contributed by atoms with E-state index in [4.69, 9.17) is 9.47 Å². The van der Waals surface area contributed by atoms with Gasteiger partial charge in [0.15, 0.2) is 5.78 Å². The number of methoxy groups -OCH3 is 1. The van der Waals surface area contributed by atoms with Crippen LogP contribution in [0.5, 0.6) is 5.75 Å². The van der Waals surface area contributed by atoms with Crippen molar-refractivity contribution in [3.63, 3.8) is 0 Å². The number of benzene rings is 2. The average molecular weight is 296 g/mol. The van der Waals surface area contributed by atoms with Crippen LogP contribution in [0, 0.1) is 0 Å². The Balaban J connectivity index is 2.02. The van der Waals surface area contributed by atoms with E-state index >= 15 is 0 Å². The molecule has 2 unspecified atom stereocenters. The summed E-state index contributed by atoms with van der Waals surface area (Å²) in [6.45, 7) is 0.721. The van der Waals surface area contributed by atoms with Crippen LogP contribution >= 0.6 is 0 Å². The lowest BCUT2D eigenvalue weighted by molar-refractivity contribution is 0.0672. The summed E-state index contributed by atoms with van der Waals surface area (Å²) in [7, 11) is 1.64. The SMILES string of the molecule is COc1ccccc1C(C(=O)c1ccccc1)C1CCCO1. The largest absolute Gasteiger partial charge is 0.496 e. The van der Waals surface area contributed by atoms with Crippen LogP contribution in [0.2, 0.25) is 0 Å². The van der Waals surface area contributed by atoms with Crippen LogP contribution in [0.25, 0.3) is 0 Å². The van der Waals surface area contributed by atoms with E-state index in [0.29, 0.717) is 5.56 Å². The second-order valence-electron chi connectivity index (χ2n) is 5.50. The van der Waals surface area contributed by atoms with E-state index in [1.807, 2.05) is 54.6 Å². The summed E-state index contributed by atoms with van der Waals surface area (Å²) in [4.78, 5) is 13.1. The summed E-state index contributed by atoms with van der Waals surface area (Å²) >= 11 is 0. The summed E-state index contributed by atoms with van der Waals surface area (Å²) in [6, 6.07) is 17.1. The third-order valence-corrected chi connectivity index (χ3v) is 4.15. The summed E-state index contributed by atoms with van der Waals surface area (Å²) in [5, 5.41) is 0. The molecule has 3 rings (SSSR count). The zero-order valence-corrected chi connectivity index (χ0v) is 12.7. The number of carbonyl (C=O) groups excluding carboxylic acids is 1. The molecule has 3 heteroatoms. The molecule has 0 aromatic heterocycles. The molecule has 1 heterocycles. The third kappa shape index (κ3) is 2.90. The first kappa shape index (κ1) is 14.8. The highest BCUT2D eigenvalue weighted by Crippen LogP contribution is 2.36. The fraction of sp³-hybridized carbons (Fsp3) is 0.316. The van der Waals surface area contributed by atoms with Gasteiger partial charge in [0.25, 0.3) is 0 Å². The van der Waals surface area contributed by atoms with Gasteiger partial charge in [-0.3, -0.25) is 4.79 Å². The standard InChI is InChI=1S/C19H20O3/c1-21-16-11-6-5-10-15(16)18(17-12-7-13-22-17)19(20)14-8-3-2-4-9-14/h2-6,8-11,17-18H,7,12-13H2,1H3. The van der Waals surface area contributed by atoms with E-state index in [0.717, 1.165) is 30.8 Å². The number of Topliss-reactive ketones (excluding diaryl/α,β-unsaturated/α-hetero) is 1. The van der Waals surface area contributed by atoms with Gasteiger partial charge in [0.05, 0.1) is 19.1 Å². The normalized spacial score (nSPS) is 18.9. The van der Waals surface area contributed by atoms with E-state index < -0.39 is 0 Å². The molecule has 0 radical (unpaired) electrons. The number of ether oxygens (including phenoxy) is 2. The summed E-state index contributed by atoms with van der Waals surface area (Å²) < 4.78 is 11.3. The Morgan fingerprint density at radius 3 is 2.55 bits per heavy atom. The van der Waals surface area contributed by atoms with Crippen molar-refractivity contribution in [1.82, 2.24) is 0 Å². The molecule has 2 atom stereocenters. The highest BCUT2D eigenvalue weighted by atomic mass is 16.5. The molecule has 3 nitrogen and oxygen atoms in total. The molecular weight excluding hydrogens is 276 g/mol. The van der Waals surface area contributed by atoms with Crippen LogP contribution in [0.3, 0.4) is 0 Å². The van der Waals surface area contributed by atoms with Crippen molar-refractivity contribution in [3.05, 3.63) is 65.7 Å². The number of hydrogen-bond acceptors (Lipinski definition) is 3. The van der Waals surface area contributed by atoms with Gasteiger partial charge in [-0.1, -0.05) is 48.5 Å². The molecule has 114 valence electrons. The lowest BCUT2D eigenvalue weighted by atomic mass is 9.84. The maximum absolute atomic E-state index is 13.1. The molecule has 2 aromatic carbocycles. The van der Waals surface area contributed by atoms with Crippen LogP contribution in [-0.4, -0.2) is 25.6 Å². The van der Waals surface area contributed by atoms with Crippen molar-refractivity contribution >= 4 is 5.78 Å². The van der Waals surface area contributed by atoms with Crippen molar-refractivity contribution in [2.75, 3.05) is 13.7 Å². The van der Waals surface area contributed by atoms with E-state index in [-0.39, 0.29) is 17.8 Å². The smallest absolute Gasteiger partial charge is 0.173 e. The molecule has 1 aliphatic heterocycles. The Morgan fingerprint density at radius 1 is 1.14 bits per heavy atom. The first-order valence-corrected chi connectivity index (χ1v) is 7.65. The van der Waals surface area contributed by atoms with Crippen LogP contribution in [-0.2, 0) is 4.74 Å². The Morgan fingerprint density at radius 2 is 1.86 bits per heavy atom. The molecule has 2 aromatic rings. The lowest BCUT2D eigenvalue weighted by Gasteiger charge is -2.24. The first-order chi connectivity index (χ1) is 10.8. The Bertz CT molecular complexity index is 630. The van der Waals surface area contributed by atoms with Crippen LogP contribution in [0.15, 0.2) is 54.6 Å². The zero-order chi connectivity index (χ0) is 15.4. The zero-order valence-electron chi connectivity index (χ0n) is 12.7. The topological polar surface area (TPSA) is 35.5 Å². The monoisotopic (exact) mass is 296 g/mol. The minimum absolute atomic E-state index is 0.0796. The van der Waals surface area contributed by atoms with Gasteiger partial charge in [-0.05, 0) is 18.9 Å². The third-order valence-electron chi connectivity index (χ3n) is 4.15. The maximum atomic E-state index is 13.1. The molecule has 0 amide bonds. The number of para-hydroxylation sites is 1. The molecular formula is C19H20O3. The van der Waals surface area contributed by atoms with E-state index in [1.165, 1.54) is 0 Å². The van der Waals surface area contributed by atoms with E-state index in [9.17, 15) is 4.79 Å². The summed E-state index contributed by atoms with van der Waals surface area (Å²) in [5.41, 5.74) is 1.62. The lowest BCUT2D eigenvalue weighted by Crippen LogP contribution is -2.26. The van der Waals surface area contributed by atoms with Crippen molar-refractivity contribution in [1.29, 1.82) is 0 Å². The molecule has 0 aliphatic carbocycles. The van der Waals surface area contributed by atoms with Gasteiger partial charge < -0.3 is 9.47 Å². The van der Waals surface area contributed by atoms with Crippen LogP contribution in [0.1, 0.15) is 34.7 Å². The second kappa shape index (κ2) is 6.75. The number of hydrogen-bond donors (Lipinski definition) is 0. The summed E-state index contributed by atoms with van der Waals surface area (Å²) in [6.07, 6.45) is 1.82. The quantitative estimate of drug-likeness (QED) is 0.786. The predicted octanol–water partition coefficient (Wildman–Crippen LogP) is 3.84. The van der Waals surface area contributed by atoms with Crippen molar-refractivity contribution in [2.45, 2.75) is 24.9 Å². The average Bonchev–Trinajstić information content (AvgIpc) is 3.10. The molecule has 0 saturated carbocycles. The minimum atomic E-state index is -0.318. The molecule has 22 heavy (non-hydrogen) atoms. The van der Waals surface area contributed by atoms with Crippen LogP contribution < -0.4 is 4.74 Å². The Hall–Kier alpha value is -2.13. The highest BCUT2D eigenvalue weighted by molar-refractivity contribution is 6.01. The number of ketones is 1. The van der Waals surface area contributed by atoms with Crippen LogP contribution in [0.4, 0.5) is 0 Å². The minimum Gasteiger partial charge on any atom is -0.496 e. The molecule has 0 spiro atoms. The van der Waals surface area contributed by atoms with Gasteiger partial charge >= 0.3 is 0 Å². The molecule has 1 fully saturated rings. The van der Waals surface area contributed by atoms with Gasteiger partial charge in [0.2, 0.25) is 0 Å². The van der Waals surface area contributed by atoms with Crippen molar-refractivity contribution in [2.24, 2.45) is 0 Å². The van der Waals surface area contributed by atoms with Gasteiger partial charge in [-0.2, -0.15) is 0 Å².